The summed E-state index contributed by atoms with van der Waals surface area (Å²) in [6.45, 7) is 6.70. The first-order valence-electron chi connectivity index (χ1n) is 5.36. The normalized spacial score (nSPS) is 8.73. The fraction of sp³-hybridized carbons (Fsp3) is 0. The molecular weight excluding hydrogens is 442 g/mol. The molecule has 0 spiro atoms. The van der Waals surface area contributed by atoms with Crippen LogP contribution in [0.15, 0.2) is 24.3 Å². The maximum absolute atomic E-state index is 8.90. The average Bonchev–Trinajstić information content (AvgIpc) is 2.33. The summed E-state index contributed by atoms with van der Waals surface area (Å²) in [7, 11) is 0. The molecule has 0 fully saturated rings. The van der Waals surface area contributed by atoms with Gasteiger partial charge in [-0.05, 0) is 24.3 Å². The molecule has 22 heavy (non-hydrogen) atoms. The fourth-order valence-electron chi connectivity index (χ4n) is 1.25. The van der Waals surface area contributed by atoms with E-state index in [9.17, 15) is 0 Å². The third-order valence-electron chi connectivity index (χ3n) is 2.38. The van der Waals surface area contributed by atoms with Crippen LogP contribution in [0.25, 0.3) is 0 Å². The summed E-state index contributed by atoms with van der Waals surface area (Å²) >= 11 is 0. The molecule has 0 atom stereocenters. The zero-order valence-electron chi connectivity index (χ0n) is 11.6. The van der Waals surface area contributed by atoms with Crippen LogP contribution >= 0.6 is 0 Å². The average molecular weight is 456 g/mol. The molecule has 0 aliphatic rings. The van der Waals surface area contributed by atoms with Crippen molar-refractivity contribution in [1.29, 1.82) is 0 Å². The van der Waals surface area contributed by atoms with Crippen LogP contribution in [-0.2, 0) is 65.4 Å². The van der Waals surface area contributed by atoms with Gasteiger partial charge in [-0.1, -0.05) is 0 Å². The molecule has 0 unspecified atom stereocenters. The molecule has 0 amide bonds. The first kappa shape index (κ1) is 23.5. The van der Waals surface area contributed by atoms with E-state index < -0.39 is 0 Å². The Morgan fingerprint density at radius 3 is 0.864 bits per heavy atom. The van der Waals surface area contributed by atoms with Gasteiger partial charge in [-0.25, -0.2) is 0 Å². The Kier molecular flexibility index (Phi) is 10.7. The van der Waals surface area contributed by atoms with Crippen molar-refractivity contribution >= 4 is 0 Å². The first-order chi connectivity index (χ1) is 9.22. The van der Waals surface area contributed by atoms with Gasteiger partial charge >= 0.3 is 0 Å². The maximum atomic E-state index is 8.90. The Morgan fingerprint density at radius 2 is 0.682 bits per heavy atom. The van der Waals surface area contributed by atoms with E-state index >= 15 is 0 Å². The van der Waals surface area contributed by atoms with E-state index in [1.165, 1.54) is 0 Å². The molecule has 0 aliphatic carbocycles. The summed E-state index contributed by atoms with van der Waals surface area (Å²) in [5.74, 6) is -1.20. The maximum Gasteiger partial charge on any atom is 0.0980 e. The van der Waals surface area contributed by atoms with E-state index in [-0.39, 0.29) is 111 Å². The van der Waals surface area contributed by atoms with Gasteiger partial charge in [0, 0.05) is 88.4 Å². The predicted octanol–water partition coefficient (Wildman–Crippen LogP) is 1.97. The Bertz CT molecular complexity index is 529. The molecule has 0 aliphatic heterocycles. The van der Waals surface area contributed by atoms with Gasteiger partial charge in [0.25, 0.3) is 0 Å². The molecule has 6 N–H and O–H groups in total. The second kappa shape index (κ2) is 10.1. The van der Waals surface area contributed by atoms with Crippen molar-refractivity contribution in [3.63, 3.8) is 0 Å². The molecule has 114 valence electrons. The number of hydrogen-bond acceptors (Lipinski definition) is 6. The van der Waals surface area contributed by atoms with Gasteiger partial charge in [0.05, 0.1) is 11.5 Å². The molecule has 0 saturated carbocycles. The van der Waals surface area contributed by atoms with Crippen LogP contribution in [0, 0.1) is 13.8 Å². The minimum atomic E-state index is -0.211. The Labute approximate surface area is 178 Å². The van der Waals surface area contributed by atoms with E-state index in [0.717, 1.165) is 24.3 Å². The van der Waals surface area contributed by atoms with Crippen LogP contribution in [0.5, 0.6) is 34.5 Å². The quantitative estimate of drug-likeness (QED) is 0.338. The summed E-state index contributed by atoms with van der Waals surface area (Å²) in [5.41, 5.74) is 0.246. The second-order valence-corrected chi connectivity index (χ2v) is 3.93. The zero-order valence-corrected chi connectivity index (χ0v) is 17.2. The third kappa shape index (κ3) is 6.53. The van der Waals surface area contributed by atoms with Crippen molar-refractivity contribution in [2.75, 3.05) is 0 Å². The first-order valence-corrected chi connectivity index (χ1v) is 5.36. The monoisotopic (exact) mass is 456 g/mol. The Balaban J connectivity index is 0. The second-order valence-electron chi connectivity index (χ2n) is 3.93. The number of phenolic OH excluding ortho intramolecular Hbond substituents is 6. The molecule has 2 aromatic carbocycles. The minimum absolute atomic E-state index is 0. The summed E-state index contributed by atoms with van der Waals surface area (Å²) < 4.78 is 0. The van der Waals surface area contributed by atoms with Crippen LogP contribution < -0.4 is 0 Å². The van der Waals surface area contributed by atoms with Crippen molar-refractivity contribution < 1.29 is 96.1 Å². The summed E-state index contributed by atoms with van der Waals surface area (Å²) in [4.78, 5) is 0. The van der Waals surface area contributed by atoms with Crippen molar-refractivity contribution in [1.82, 2.24) is 0 Å². The van der Waals surface area contributed by atoms with Crippen molar-refractivity contribution in [2.24, 2.45) is 0 Å². The van der Waals surface area contributed by atoms with Crippen LogP contribution in [-0.4, -0.2) is 30.6 Å². The number of rotatable bonds is 0. The molecule has 0 bridgehead atoms. The SMILES string of the molecule is [CH2-]c1c(O)cc(O)cc1O.[CH2-]c1c(O)cc(O)cc1O.[Y].[Y]. The molecule has 0 saturated heterocycles. The summed E-state index contributed by atoms with van der Waals surface area (Å²) in [6, 6.07) is 4.45. The number of hydrogen-bond donors (Lipinski definition) is 6. The number of aromatic hydroxyl groups is 6. The molecule has 2 rings (SSSR count). The smallest absolute Gasteiger partial charge is 0.0980 e. The van der Waals surface area contributed by atoms with E-state index in [0.29, 0.717) is 0 Å². The topological polar surface area (TPSA) is 121 Å². The van der Waals surface area contributed by atoms with Crippen LogP contribution in [0.3, 0.4) is 0 Å². The van der Waals surface area contributed by atoms with E-state index in [1.54, 1.807) is 0 Å². The molecule has 2 radical (unpaired) electrons. The van der Waals surface area contributed by atoms with E-state index in [2.05, 4.69) is 13.8 Å². The van der Waals surface area contributed by atoms with Gasteiger partial charge < -0.3 is 30.6 Å². The minimum Gasteiger partial charge on any atom is -0.565 e. The zero-order chi connectivity index (χ0) is 15.4. The Morgan fingerprint density at radius 1 is 0.500 bits per heavy atom. The largest absolute Gasteiger partial charge is 0.565 e. The third-order valence-corrected chi connectivity index (χ3v) is 2.38. The molecule has 2 aromatic rings. The van der Waals surface area contributed by atoms with Gasteiger partial charge in [0.15, 0.2) is 0 Å². The predicted molar refractivity (Wildman–Crippen MR) is 71.8 cm³/mol. The van der Waals surface area contributed by atoms with Crippen molar-refractivity contribution in [3.05, 3.63) is 49.2 Å². The van der Waals surface area contributed by atoms with E-state index in [1.807, 2.05) is 0 Å². The van der Waals surface area contributed by atoms with Gasteiger partial charge in [-0.2, -0.15) is 13.8 Å². The van der Waals surface area contributed by atoms with Gasteiger partial charge in [0.1, 0.15) is 0 Å². The molecule has 0 heterocycles. The van der Waals surface area contributed by atoms with Gasteiger partial charge in [-0.15, -0.1) is 11.1 Å². The van der Waals surface area contributed by atoms with Crippen LogP contribution in [0.1, 0.15) is 11.1 Å². The molecule has 8 heteroatoms. The number of benzene rings is 2. The molecule has 0 aromatic heterocycles. The van der Waals surface area contributed by atoms with Gasteiger partial charge in [-0.3, -0.25) is 0 Å². The Hall–Kier alpha value is -0.812. The van der Waals surface area contributed by atoms with Crippen molar-refractivity contribution in [3.8, 4) is 34.5 Å². The summed E-state index contributed by atoms with van der Waals surface area (Å²) in [6.07, 6.45) is 0. The van der Waals surface area contributed by atoms with Crippen molar-refractivity contribution in [2.45, 2.75) is 0 Å². The van der Waals surface area contributed by atoms with Crippen LogP contribution in [0.4, 0.5) is 0 Å². The van der Waals surface area contributed by atoms with E-state index in [4.69, 9.17) is 30.6 Å². The fourth-order valence-corrected chi connectivity index (χ4v) is 1.25. The van der Waals surface area contributed by atoms with Crippen LogP contribution in [0.2, 0.25) is 0 Å². The van der Waals surface area contributed by atoms with Gasteiger partial charge in [0.2, 0.25) is 0 Å². The number of phenols is 6. The molecule has 6 nitrogen and oxygen atoms in total. The summed E-state index contributed by atoms with van der Waals surface area (Å²) in [5, 5.41) is 53.1. The standard InChI is InChI=1S/2C7H7O3.2Y/c2*1-4-6(9)2-5(8)3-7(4)10;;/h2*2-3,8-10H,1H2;;/q2*-1;;. The molecular formula is C14H14O6Y2-2.